The summed E-state index contributed by atoms with van der Waals surface area (Å²) in [4.78, 5) is 2.69. The molecule has 2 heterocycles. The van der Waals surface area contributed by atoms with E-state index in [-0.39, 0.29) is 0 Å². The first-order valence-corrected chi connectivity index (χ1v) is 8.11. The van der Waals surface area contributed by atoms with Gasteiger partial charge in [-0.15, -0.1) is 0 Å². The lowest BCUT2D eigenvalue weighted by Gasteiger charge is -2.28. The second-order valence-corrected chi connectivity index (χ2v) is 6.91. The number of nitrogens with zero attached hydrogens (tertiary/aromatic N) is 1. The second kappa shape index (κ2) is 5.50. The lowest BCUT2D eigenvalue weighted by molar-refractivity contribution is 0.249. The van der Waals surface area contributed by atoms with Gasteiger partial charge in [0.2, 0.25) is 0 Å². The zero-order valence-electron chi connectivity index (χ0n) is 13.4. The summed E-state index contributed by atoms with van der Waals surface area (Å²) in [7, 11) is 0. The van der Waals surface area contributed by atoms with Crippen LogP contribution in [0.1, 0.15) is 48.1 Å². The van der Waals surface area contributed by atoms with Gasteiger partial charge < -0.3 is 5.32 Å². The average Bonchev–Trinajstić information content (AvgIpc) is 2.81. The normalized spacial score (nSPS) is 28.4. The maximum atomic E-state index is 3.71. The third-order valence-electron chi connectivity index (χ3n) is 5.33. The van der Waals surface area contributed by atoms with Crippen LogP contribution in [0.2, 0.25) is 0 Å². The lowest BCUT2D eigenvalue weighted by Crippen LogP contribution is -2.40. The quantitative estimate of drug-likeness (QED) is 0.888. The average molecular weight is 272 g/mol. The fourth-order valence-corrected chi connectivity index (χ4v) is 4.43. The van der Waals surface area contributed by atoms with Gasteiger partial charge in [-0.3, -0.25) is 4.90 Å². The highest BCUT2D eigenvalue weighted by Crippen LogP contribution is 2.34. The Labute approximate surface area is 123 Å². The van der Waals surface area contributed by atoms with Gasteiger partial charge in [0.1, 0.15) is 0 Å². The Morgan fingerprint density at radius 1 is 1.15 bits per heavy atom. The highest BCUT2D eigenvalue weighted by Gasteiger charge is 2.36. The number of likely N-dealkylation sites (tertiary alicyclic amines) is 1. The Morgan fingerprint density at radius 3 is 2.50 bits per heavy atom. The third kappa shape index (κ3) is 2.51. The van der Waals surface area contributed by atoms with E-state index < -0.39 is 0 Å². The highest BCUT2D eigenvalue weighted by molar-refractivity contribution is 5.39. The molecule has 20 heavy (non-hydrogen) atoms. The summed E-state index contributed by atoms with van der Waals surface area (Å²) >= 11 is 0. The Hall–Kier alpha value is -0.860. The van der Waals surface area contributed by atoms with Crippen LogP contribution in [0.4, 0.5) is 0 Å². The first-order chi connectivity index (χ1) is 9.56. The van der Waals surface area contributed by atoms with Gasteiger partial charge in [0, 0.05) is 25.2 Å². The van der Waals surface area contributed by atoms with Crippen LogP contribution in [0.15, 0.2) is 12.1 Å². The molecule has 1 aromatic carbocycles. The number of fused-ring (bicyclic) bond motifs is 1. The first-order valence-electron chi connectivity index (χ1n) is 8.11. The summed E-state index contributed by atoms with van der Waals surface area (Å²) in [5.74, 6) is 0.872. The van der Waals surface area contributed by atoms with E-state index in [2.05, 4.69) is 50.0 Å². The first kappa shape index (κ1) is 14.1. The van der Waals surface area contributed by atoms with Crippen LogP contribution in [0, 0.1) is 26.7 Å². The zero-order valence-corrected chi connectivity index (χ0v) is 13.4. The Morgan fingerprint density at radius 2 is 1.85 bits per heavy atom. The molecule has 2 fully saturated rings. The number of aryl methyl sites for hydroxylation is 3. The lowest BCUT2D eigenvalue weighted by atomic mass is 9.93. The van der Waals surface area contributed by atoms with Gasteiger partial charge >= 0.3 is 0 Å². The van der Waals surface area contributed by atoms with Gasteiger partial charge in [-0.25, -0.2) is 0 Å². The summed E-state index contributed by atoms with van der Waals surface area (Å²) in [6, 6.07) is 5.95. The van der Waals surface area contributed by atoms with Crippen molar-refractivity contribution in [3.63, 3.8) is 0 Å². The summed E-state index contributed by atoms with van der Waals surface area (Å²) in [5.41, 5.74) is 5.85. The molecule has 0 radical (unpaired) electrons. The van der Waals surface area contributed by atoms with Gasteiger partial charge in [0.15, 0.2) is 0 Å². The maximum absolute atomic E-state index is 3.71. The fraction of sp³-hybridized carbons (Fsp3) is 0.667. The van der Waals surface area contributed by atoms with E-state index >= 15 is 0 Å². The highest BCUT2D eigenvalue weighted by atomic mass is 15.2. The predicted octanol–water partition coefficient (Wildman–Crippen LogP) is 3.36. The van der Waals surface area contributed by atoms with E-state index in [9.17, 15) is 0 Å². The molecule has 1 aromatic rings. The number of rotatable bonds is 2. The number of piperidine rings is 1. The molecular weight excluding hydrogens is 244 g/mol. The largest absolute Gasteiger partial charge is 0.312 e. The van der Waals surface area contributed by atoms with Crippen molar-refractivity contribution in [3.05, 3.63) is 34.4 Å². The monoisotopic (exact) mass is 272 g/mol. The van der Waals surface area contributed by atoms with Crippen molar-refractivity contribution in [2.75, 3.05) is 19.6 Å². The van der Waals surface area contributed by atoms with E-state index in [1.165, 1.54) is 49.2 Å². The molecule has 3 rings (SSSR count). The van der Waals surface area contributed by atoms with Crippen LogP contribution in [-0.2, 0) is 0 Å². The van der Waals surface area contributed by atoms with Crippen molar-refractivity contribution in [2.24, 2.45) is 5.92 Å². The Kier molecular flexibility index (Phi) is 3.87. The molecule has 1 unspecified atom stereocenters. The number of hydrogen-bond acceptors (Lipinski definition) is 2. The van der Waals surface area contributed by atoms with Gasteiger partial charge in [0.05, 0.1) is 0 Å². The zero-order chi connectivity index (χ0) is 14.3. The minimum Gasteiger partial charge on any atom is -0.312 e. The molecule has 2 heteroatoms. The van der Waals surface area contributed by atoms with Gasteiger partial charge in [-0.2, -0.15) is 0 Å². The summed E-state index contributed by atoms with van der Waals surface area (Å²) in [6.07, 6.45) is 2.76. The van der Waals surface area contributed by atoms with Crippen molar-refractivity contribution >= 4 is 0 Å². The molecule has 0 aromatic heterocycles. The van der Waals surface area contributed by atoms with Crippen LogP contribution in [0.25, 0.3) is 0 Å². The van der Waals surface area contributed by atoms with E-state index in [0.29, 0.717) is 6.04 Å². The number of nitrogens with one attached hydrogen (secondary N) is 1. The van der Waals surface area contributed by atoms with E-state index in [0.717, 1.165) is 12.0 Å². The third-order valence-corrected chi connectivity index (χ3v) is 5.33. The Bertz CT molecular complexity index is 457. The summed E-state index contributed by atoms with van der Waals surface area (Å²) < 4.78 is 0. The van der Waals surface area contributed by atoms with Crippen LogP contribution in [-0.4, -0.2) is 30.6 Å². The molecule has 1 N–H and O–H groups in total. The standard InChI is InChI=1S/C18H28N2/c1-12-8-13(2)18(14(3)9-12)15(4)20-10-16-6-5-7-19-17(16)11-20/h8-9,15-17,19H,5-7,10-11H2,1-4H3/t15?,16-,17+/m0/s1. The molecule has 0 aliphatic carbocycles. The van der Waals surface area contributed by atoms with Crippen molar-refractivity contribution < 1.29 is 0 Å². The molecule has 2 saturated heterocycles. The Balaban J connectivity index is 1.81. The van der Waals surface area contributed by atoms with Crippen molar-refractivity contribution in [2.45, 2.75) is 52.6 Å². The predicted molar refractivity (Wildman–Crippen MR) is 85.2 cm³/mol. The minimum atomic E-state index is 0.544. The van der Waals surface area contributed by atoms with Crippen LogP contribution in [0.3, 0.4) is 0 Å². The van der Waals surface area contributed by atoms with Crippen molar-refractivity contribution in [3.8, 4) is 0 Å². The smallest absolute Gasteiger partial charge is 0.0325 e. The summed E-state index contributed by atoms with van der Waals surface area (Å²) in [5, 5.41) is 3.71. The maximum Gasteiger partial charge on any atom is 0.0325 e. The molecule has 2 aliphatic heterocycles. The fourth-order valence-electron chi connectivity index (χ4n) is 4.43. The van der Waals surface area contributed by atoms with Crippen LogP contribution in [0.5, 0.6) is 0 Å². The van der Waals surface area contributed by atoms with Gasteiger partial charge in [-0.05, 0) is 69.7 Å². The van der Waals surface area contributed by atoms with Gasteiger partial charge in [-0.1, -0.05) is 17.7 Å². The SMILES string of the molecule is Cc1cc(C)c(C(C)N2C[C@@H]3CCCN[C@@H]3C2)c(C)c1. The van der Waals surface area contributed by atoms with Crippen LogP contribution < -0.4 is 5.32 Å². The topological polar surface area (TPSA) is 15.3 Å². The van der Waals surface area contributed by atoms with Gasteiger partial charge in [0.25, 0.3) is 0 Å². The molecule has 0 saturated carbocycles. The molecule has 3 atom stereocenters. The molecule has 0 spiro atoms. The van der Waals surface area contributed by atoms with Crippen molar-refractivity contribution in [1.29, 1.82) is 0 Å². The summed E-state index contributed by atoms with van der Waals surface area (Å²) in [6.45, 7) is 12.8. The minimum absolute atomic E-state index is 0.544. The molecule has 110 valence electrons. The molecular formula is C18H28N2. The molecule has 2 aliphatic rings. The second-order valence-electron chi connectivity index (χ2n) is 6.91. The van der Waals surface area contributed by atoms with E-state index in [1.54, 1.807) is 5.56 Å². The van der Waals surface area contributed by atoms with E-state index in [1.807, 2.05) is 0 Å². The van der Waals surface area contributed by atoms with Crippen molar-refractivity contribution in [1.82, 2.24) is 10.2 Å². The number of benzene rings is 1. The molecule has 0 amide bonds. The van der Waals surface area contributed by atoms with E-state index in [4.69, 9.17) is 0 Å². The molecule has 0 bridgehead atoms. The van der Waals surface area contributed by atoms with Crippen LogP contribution >= 0.6 is 0 Å². The number of hydrogen-bond donors (Lipinski definition) is 1. The molecule has 2 nitrogen and oxygen atoms in total.